The molecule has 3 N–H and O–H groups in total. The summed E-state index contributed by atoms with van der Waals surface area (Å²) in [5, 5.41) is 20.5. The smallest absolute Gasteiger partial charge is 0.203 e. The summed E-state index contributed by atoms with van der Waals surface area (Å²) in [5.74, 6) is 0. The zero-order chi connectivity index (χ0) is 20.4. The number of piperidine rings is 1. The van der Waals surface area contributed by atoms with E-state index in [2.05, 4.69) is 10.6 Å². The summed E-state index contributed by atoms with van der Waals surface area (Å²) in [5.41, 5.74) is 3.11. The van der Waals surface area contributed by atoms with Gasteiger partial charge in [-0.15, -0.1) is 0 Å². The van der Waals surface area contributed by atoms with Crippen LogP contribution in [-0.2, 0) is 13.1 Å². The lowest BCUT2D eigenvalue weighted by Gasteiger charge is -2.23. The molecule has 2 heterocycles. The van der Waals surface area contributed by atoms with Crippen molar-refractivity contribution in [1.82, 2.24) is 9.13 Å². The van der Waals surface area contributed by atoms with Gasteiger partial charge < -0.3 is 31.5 Å². The summed E-state index contributed by atoms with van der Waals surface area (Å²) >= 11 is 12.1. The van der Waals surface area contributed by atoms with E-state index in [1.165, 1.54) is 32.4 Å². The zero-order valence-electron chi connectivity index (χ0n) is 16.8. The maximum Gasteiger partial charge on any atom is 0.203 e. The Bertz CT molecular complexity index is 1060. The third kappa shape index (κ3) is 4.87. The molecule has 8 heteroatoms. The van der Waals surface area contributed by atoms with Crippen LogP contribution in [0.15, 0.2) is 42.5 Å². The molecule has 1 fully saturated rings. The Balaban J connectivity index is 0.00000256. The van der Waals surface area contributed by atoms with E-state index in [0.29, 0.717) is 27.8 Å². The number of hydrogen-bond acceptors (Lipinski definition) is 2. The largest absolute Gasteiger partial charge is 1.00 e. The van der Waals surface area contributed by atoms with E-state index in [0.717, 1.165) is 24.1 Å². The Morgan fingerprint density at radius 1 is 0.967 bits per heavy atom. The standard InChI is InChI=1S/C22H26Cl2N4O.ClH/c23-17-9-8-16(14-18(17)24)21(29)15-28-20-7-3-2-6-19(20)27(22(28)25)13-12-26-10-4-1-5-11-26;/h2-3,6-9,14,21,25,29H,1,4-5,10-13,15H2;1H. The molecule has 3 aromatic rings. The van der Waals surface area contributed by atoms with E-state index in [1.807, 2.05) is 22.8 Å². The summed E-state index contributed by atoms with van der Waals surface area (Å²) in [6.07, 6.45) is 3.16. The van der Waals surface area contributed by atoms with Gasteiger partial charge in [-0.1, -0.05) is 41.4 Å². The highest BCUT2D eigenvalue weighted by atomic mass is 35.5. The predicted molar refractivity (Wildman–Crippen MR) is 117 cm³/mol. The van der Waals surface area contributed by atoms with Crippen LogP contribution in [0, 0.1) is 5.41 Å². The number of aliphatic hydroxyl groups is 1. The van der Waals surface area contributed by atoms with Crippen molar-refractivity contribution in [3.8, 4) is 0 Å². The molecule has 30 heavy (non-hydrogen) atoms. The molecule has 162 valence electrons. The number of rotatable bonds is 6. The normalized spacial score (nSPS) is 15.8. The molecule has 4 rings (SSSR count). The van der Waals surface area contributed by atoms with Crippen molar-refractivity contribution >= 4 is 34.2 Å². The number of fused-ring (bicyclic) bond motifs is 1. The number of imidazole rings is 1. The number of hydrogen-bond donors (Lipinski definition) is 3. The Hall–Kier alpha value is -1.50. The maximum absolute atomic E-state index is 10.8. The first-order valence-corrected chi connectivity index (χ1v) is 11.0. The zero-order valence-corrected chi connectivity index (χ0v) is 19.0. The second kappa shape index (κ2) is 10.2. The van der Waals surface area contributed by atoms with Gasteiger partial charge in [0.05, 0.1) is 59.9 Å². The first kappa shape index (κ1) is 23.2. The van der Waals surface area contributed by atoms with E-state index in [1.54, 1.807) is 23.1 Å². The monoisotopic (exact) mass is 468 g/mol. The van der Waals surface area contributed by atoms with Crippen molar-refractivity contribution in [2.45, 2.75) is 38.5 Å². The van der Waals surface area contributed by atoms with Crippen molar-refractivity contribution in [1.29, 1.82) is 5.41 Å². The lowest BCUT2D eigenvalue weighted by Crippen LogP contribution is -3.13. The summed E-state index contributed by atoms with van der Waals surface area (Å²) in [6, 6.07) is 13.2. The maximum atomic E-state index is 10.8. The van der Waals surface area contributed by atoms with Gasteiger partial charge in [0, 0.05) is 0 Å². The van der Waals surface area contributed by atoms with Gasteiger partial charge in [-0.05, 0) is 49.1 Å². The number of aliphatic hydroxyl groups excluding tert-OH is 1. The fourth-order valence-corrected chi connectivity index (χ4v) is 4.58. The van der Waals surface area contributed by atoms with Crippen LogP contribution in [0.2, 0.25) is 10.0 Å². The van der Waals surface area contributed by atoms with Crippen molar-refractivity contribution in [2.75, 3.05) is 19.6 Å². The Labute approximate surface area is 192 Å². The van der Waals surface area contributed by atoms with E-state index >= 15 is 0 Å². The first-order valence-electron chi connectivity index (χ1n) is 10.2. The number of likely N-dealkylation sites (tertiary alicyclic amines) is 1. The molecule has 0 aliphatic carbocycles. The average Bonchev–Trinajstić information content (AvgIpc) is 3.00. The minimum Gasteiger partial charge on any atom is -1.00 e. The molecule has 5 nitrogen and oxygen atoms in total. The van der Waals surface area contributed by atoms with Crippen LogP contribution in [-0.4, -0.2) is 33.9 Å². The molecule has 1 atom stereocenters. The van der Waals surface area contributed by atoms with Crippen LogP contribution >= 0.6 is 23.2 Å². The average molecular weight is 470 g/mol. The molecular formula is C22H27Cl3N4O. The third-order valence-electron chi connectivity index (χ3n) is 5.91. The summed E-state index contributed by atoms with van der Waals surface area (Å²) in [4.78, 5) is 1.62. The molecule has 1 aliphatic heterocycles. The minimum absolute atomic E-state index is 0. The second-order valence-electron chi connectivity index (χ2n) is 7.82. The number of nitrogens with zero attached hydrogens (tertiary/aromatic N) is 2. The lowest BCUT2D eigenvalue weighted by molar-refractivity contribution is -0.905. The van der Waals surface area contributed by atoms with Gasteiger partial charge in [0.1, 0.15) is 0 Å². The first-order chi connectivity index (χ1) is 14.0. The van der Waals surface area contributed by atoms with Gasteiger partial charge in [0.25, 0.3) is 0 Å². The summed E-state index contributed by atoms with van der Waals surface area (Å²) < 4.78 is 3.95. The van der Waals surface area contributed by atoms with Crippen LogP contribution in [0.3, 0.4) is 0 Å². The van der Waals surface area contributed by atoms with Crippen LogP contribution in [0.4, 0.5) is 0 Å². The number of para-hydroxylation sites is 2. The van der Waals surface area contributed by atoms with Crippen molar-refractivity contribution in [3.05, 3.63) is 63.7 Å². The number of quaternary nitrogens is 1. The van der Waals surface area contributed by atoms with Crippen LogP contribution in [0.1, 0.15) is 30.9 Å². The number of nitrogens with one attached hydrogen (secondary N) is 2. The predicted octanol–water partition coefficient (Wildman–Crippen LogP) is 0.0355. The second-order valence-corrected chi connectivity index (χ2v) is 8.64. The van der Waals surface area contributed by atoms with Crippen molar-refractivity contribution in [3.63, 3.8) is 0 Å². The van der Waals surface area contributed by atoms with Gasteiger partial charge >= 0.3 is 0 Å². The Morgan fingerprint density at radius 2 is 1.63 bits per heavy atom. The molecule has 0 bridgehead atoms. The molecule has 1 saturated heterocycles. The van der Waals surface area contributed by atoms with E-state index < -0.39 is 6.10 Å². The van der Waals surface area contributed by atoms with Gasteiger partial charge in [-0.3, -0.25) is 5.41 Å². The van der Waals surface area contributed by atoms with E-state index in [9.17, 15) is 5.11 Å². The molecule has 1 aliphatic rings. The quantitative estimate of drug-likeness (QED) is 0.469. The fraction of sp³-hybridized carbons (Fsp3) is 0.409. The van der Waals surface area contributed by atoms with Gasteiger partial charge in [0.15, 0.2) is 0 Å². The third-order valence-corrected chi connectivity index (χ3v) is 6.65. The Morgan fingerprint density at radius 3 is 2.30 bits per heavy atom. The highest BCUT2D eigenvalue weighted by molar-refractivity contribution is 6.42. The highest BCUT2D eigenvalue weighted by Gasteiger charge is 2.18. The van der Waals surface area contributed by atoms with Crippen molar-refractivity contribution in [2.24, 2.45) is 0 Å². The van der Waals surface area contributed by atoms with Gasteiger partial charge in [-0.2, -0.15) is 0 Å². The summed E-state index contributed by atoms with van der Waals surface area (Å²) in [6.45, 7) is 4.58. The molecule has 0 amide bonds. The van der Waals surface area contributed by atoms with E-state index in [-0.39, 0.29) is 12.4 Å². The Kier molecular flexibility index (Phi) is 7.88. The molecule has 1 aromatic heterocycles. The van der Waals surface area contributed by atoms with Crippen LogP contribution in [0.25, 0.3) is 11.0 Å². The van der Waals surface area contributed by atoms with Crippen molar-refractivity contribution < 1.29 is 22.4 Å². The molecular weight excluding hydrogens is 443 g/mol. The van der Waals surface area contributed by atoms with Gasteiger partial charge in [0.2, 0.25) is 5.62 Å². The topological polar surface area (TPSA) is 58.4 Å². The lowest BCUT2D eigenvalue weighted by atomic mass is 10.1. The van der Waals surface area contributed by atoms with Crippen LogP contribution in [0.5, 0.6) is 0 Å². The number of benzene rings is 2. The number of halogens is 3. The van der Waals surface area contributed by atoms with E-state index in [4.69, 9.17) is 28.6 Å². The summed E-state index contributed by atoms with van der Waals surface area (Å²) in [7, 11) is 0. The molecule has 1 unspecified atom stereocenters. The highest BCUT2D eigenvalue weighted by Crippen LogP contribution is 2.26. The van der Waals surface area contributed by atoms with Gasteiger partial charge in [-0.25, -0.2) is 0 Å². The molecule has 0 radical (unpaired) electrons. The molecule has 0 spiro atoms. The minimum atomic E-state index is -0.772. The number of aromatic nitrogens is 2. The molecule has 2 aromatic carbocycles. The van der Waals surface area contributed by atoms with Crippen LogP contribution < -0.4 is 22.9 Å². The fourth-order valence-electron chi connectivity index (χ4n) is 4.28. The molecule has 0 saturated carbocycles. The SMILES string of the molecule is N=c1n(CC[NH+]2CCCCC2)c2ccccc2n1CC(O)c1ccc(Cl)c(Cl)c1.[Cl-].